The van der Waals surface area contributed by atoms with E-state index in [1.54, 1.807) is 25.1 Å². The third-order valence-corrected chi connectivity index (χ3v) is 5.68. The van der Waals surface area contributed by atoms with Crippen LogP contribution in [0.2, 0.25) is 0 Å². The third-order valence-electron chi connectivity index (χ3n) is 5.68. The Morgan fingerprint density at radius 2 is 1.87 bits per heavy atom. The lowest BCUT2D eigenvalue weighted by Crippen LogP contribution is -2.54. The predicted octanol–water partition coefficient (Wildman–Crippen LogP) is 1.97. The second-order valence-electron chi connectivity index (χ2n) is 8.24. The van der Waals surface area contributed by atoms with Gasteiger partial charge in [-0.3, -0.25) is 9.59 Å². The Morgan fingerprint density at radius 1 is 1.11 bits per heavy atom. The molecule has 0 saturated carbocycles. The van der Waals surface area contributed by atoms with E-state index in [-0.39, 0.29) is 33.1 Å². The summed E-state index contributed by atoms with van der Waals surface area (Å²) in [6.45, 7) is 1.25. The molecule has 1 heterocycles. The van der Waals surface area contributed by atoms with Gasteiger partial charge in [-0.2, -0.15) is 5.10 Å². The van der Waals surface area contributed by atoms with Crippen molar-refractivity contribution in [3.05, 3.63) is 76.8 Å². The van der Waals surface area contributed by atoms with Crippen molar-refractivity contribution >= 4 is 28.1 Å². The number of carbonyl (C=O) groups excluding carboxylic acids is 1. The van der Waals surface area contributed by atoms with Gasteiger partial charge in [0.2, 0.25) is 0 Å². The molecule has 4 rings (SSSR count). The zero-order valence-corrected chi connectivity index (χ0v) is 20.4. The Morgan fingerprint density at radius 3 is 2.50 bits per heavy atom. The fraction of sp³-hybridized carbons (Fsp3) is 0.192. The minimum atomic E-state index is -3.68. The Kier molecular flexibility index (Phi) is 7.30. The maximum absolute atomic E-state index is 14.0. The molecule has 38 heavy (non-hydrogen) atoms. The van der Waals surface area contributed by atoms with E-state index in [9.17, 15) is 34.4 Å². The van der Waals surface area contributed by atoms with Crippen molar-refractivity contribution in [2.75, 3.05) is 23.9 Å². The number of hydrogen-bond donors (Lipinski definition) is 5. The van der Waals surface area contributed by atoms with E-state index >= 15 is 0 Å². The van der Waals surface area contributed by atoms with Crippen LogP contribution in [0.15, 0.2) is 65.5 Å². The molecule has 5 N–H and O–H groups in total. The fourth-order valence-electron chi connectivity index (χ4n) is 4.03. The third kappa shape index (κ3) is 5.27. The Bertz CT molecular complexity index is 1570. The minimum Gasteiger partial charge on any atom is -0.506 e. The molecule has 1 aromatic heterocycles. The van der Waals surface area contributed by atoms with Crippen LogP contribution in [0.5, 0.6) is 11.5 Å². The highest BCUT2D eigenvalue weighted by Gasteiger charge is 2.36. The number of aliphatic hydroxyl groups is 3. The van der Waals surface area contributed by atoms with Crippen LogP contribution in [0.25, 0.3) is 22.0 Å². The normalized spacial score (nSPS) is 11.4. The van der Waals surface area contributed by atoms with Gasteiger partial charge in [0.1, 0.15) is 23.9 Å². The van der Waals surface area contributed by atoms with E-state index < -0.39 is 29.9 Å². The van der Waals surface area contributed by atoms with Crippen molar-refractivity contribution in [3.8, 4) is 22.8 Å². The highest BCUT2D eigenvalue weighted by molar-refractivity contribution is 5.96. The average Bonchev–Trinajstić information content (AvgIpc) is 2.85. The number of aromatic hydroxyl groups is 1. The highest BCUT2D eigenvalue weighted by Crippen LogP contribution is 2.31. The van der Waals surface area contributed by atoms with E-state index in [1.807, 2.05) is 0 Å². The van der Waals surface area contributed by atoms with Crippen LogP contribution < -0.4 is 20.5 Å². The highest BCUT2D eigenvalue weighted by atomic mass is 19.1. The van der Waals surface area contributed by atoms with Crippen LogP contribution in [0.4, 0.5) is 15.8 Å². The van der Waals surface area contributed by atoms with Crippen molar-refractivity contribution in [2.24, 2.45) is 0 Å². The number of aromatic nitrogens is 2. The molecule has 0 atom stereocenters. The van der Waals surface area contributed by atoms with Crippen LogP contribution in [-0.2, 0) is 11.3 Å². The summed E-state index contributed by atoms with van der Waals surface area (Å²) in [4.78, 5) is 26.8. The summed E-state index contributed by atoms with van der Waals surface area (Å²) in [7, 11) is 1.54. The molecule has 0 bridgehead atoms. The number of ether oxygens (including phenoxy) is 1. The van der Waals surface area contributed by atoms with Crippen molar-refractivity contribution in [1.29, 1.82) is 0 Å². The van der Waals surface area contributed by atoms with Crippen LogP contribution in [0.3, 0.4) is 0 Å². The van der Waals surface area contributed by atoms with Gasteiger partial charge in [-0.25, -0.2) is 14.0 Å². The molecule has 3 aromatic carbocycles. The molecular weight excluding hydrogens is 499 g/mol. The lowest BCUT2D eigenvalue weighted by atomic mass is 10.0. The van der Waals surface area contributed by atoms with Crippen LogP contribution in [0.1, 0.15) is 6.92 Å². The van der Waals surface area contributed by atoms with Gasteiger partial charge in [-0.1, -0.05) is 12.1 Å². The lowest BCUT2D eigenvalue weighted by Gasteiger charge is -2.30. The topological polar surface area (TPSA) is 157 Å². The molecule has 0 spiro atoms. The van der Waals surface area contributed by atoms with Crippen LogP contribution in [-0.4, -0.2) is 55.9 Å². The first kappa shape index (κ1) is 26.5. The summed E-state index contributed by atoms with van der Waals surface area (Å²) >= 11 is 0. The summed E-state index contributed by atoms with van der Waals surface area (Å²) in [6.07, 6.45) is -3.68. The van der Waals surface area contributed by atoms with Gasteiger partial charge in [0.25, 0.3) is 11.5 Å². The smallest absolute Gasteiger partial charge is 0.376 e. The largest absolute Gasteiger partial charge is 0.506 e. The summed E-state index contributed by atoms with van der Waals surface area (Å²) in [5.41, 5.74) is -0.219. The number of nitrogens with zero attached hydrogens (tertiary/aromatic N) is 3. The number of hydrogen-bond acceptors (Lipinski definition) is 9. The molecule has 4 aromatic rings. The summed E-state index contributed by atoms with van der Waals surface area (Å²) in [6, 6.07) is 13.8. The predicted molar refractivity (Wildman–Crippen MR) is 137 cm³/mol. The van der Waals surface area contributed by atoms with Gasteiger partial charge in [-0.15, -0.1) is 0 Å². The number of carbonyl (C=O) groups is 1. The molecule has 0 aliphatic heterocycles. The number of nitrogens with one attached hydrogen (secondary N) is 1. The maximum Gasteiger partial charge on any atom is 0.376 e. The lowest BCUT2D eigenvalue weighted by molar-refractivity contribution is -0.306. The number of amides is 1. The van der Waals surface area contributed by atoms with Gasteiger partial charge in [-0.05, 0) is 49.4 Å². The first-order valence-electron chi connectivity index (χ1n) is 11.5. The molecule has 0 radical (unpaired) electrons. The van der Waals surface area contributed by atoms with Gasteiger partial charge < -0.3 is 30.5 Å². The molecule has 11 nitrogen and oxygen atoms in total. The van der Waals surface area contributed by atoms with Crippen molar-refractivity contribution < 1.29 is 34.3 Å². The Balaban J connectivity index is 1.85. The van der Waals surface area contributed by atoms with E-state index in [1.165, 1.54) is 43.4 Å². The first-order valence-corrected chi connectivity index (χ1v) is 11.5. The molecule has 0 saturated heterocycles. The van der Waals surface area contributed by atoms with E-state index in [2.05, 4.69) is 10.4 Å². The Labute approximate surface area is 215 Å². The fourth-order valence-corrected chi connectivity index (χ4v) is 4.03. The van der Waals surface area contributed by atoms with E-state index in [4.69, 9.17) is 4.74 Å². The van der Waals surface area contributed by atoms with Gasteiger partial charge in [0.05, 0.1) is 29.1 Å². The monoisotopic (exact) mass is 524 g/mol. The quantitative estimate of drug-likeness (QED) is 0.172. The van der Waals surface area contributed by atoms with E-state index in [0.717, 1.165) is 10.7 Å². The summed E-state index contributed by atoms with van der Waals surface area (Å²) < 4.78 is 20.3. The molecule has 0 unspecified atom stereocenters. The average molecular weight is 525 g/mol. The minimum absolute atomic E-state index is 0.115. The van der Waals surface area contributed by atoms with Crippen molar-refractivity contribution in [1.82, 2.24) is 9.78 Å². The first-order chi connectivity index (χ1) is 18.0. The van der Waals surface area contributed by atoms with Crippen LogP contribution in [0, 0.1) is 5.82 Å². The molecule has 198 valence electrons. The van der Waals surface area contributed by atoms with Gasteiger partial charge in [0.15, 0.2) is 0 Å². The number of anilines is 2. The SMILES string of the molecule is CCOc1ccc2c(-c3cccc(F)c3)nn(CC(=O)N(c3ccc(NC)c(O)c3)C(O)(O)O)c(=O)c2c1. The number of halogens is 1. The van der Waals surface area contributed by atoms with Gasteiger partial charge >= 0.3 is 6.10 Å². The Hall–Kier alpha value is -4.52. The second-order valence-corrected chi connectivity index (χ2v) is 8.24. The van der Waals surface area contributed by atoms with Gasteiger partial charge in [0, 0.05) is 24.1 Å². The van der Waals surface area contributed by atoms with Crippen molar-refractivity contribution in [3.63, 3.8) is 0 Å². The number of phenols is 1. The summed E-state index contributed by atoms with van der Waals surface area (Å²) in [5, 5.41) is 47.4. The molecule has 12 heteroatoms. The number of fused-ring (bicyclic) bond motifs is 1. The van der Waals surface area contributed by atoms with Crippen molar-refractivity contribution in [2.45, 2.75) is 19.6 Å². The number of benzene rings is 3. The molecule has 1 amide bonds. The molecular formula is C26H25FN4O7. The second kappa shape index (κ2) is 10.5. The number of rotatable bonds is 8. The molecule has 0 aliphatic rings. The number of phenolic OH excluding ortho intramolecular Hbond substituents is 1. The molecule has 0 aliphatic carbocycles. The molecule has 0 fully saturated rings. The zero-order valence-electron chi connectivity index (χ0n) is 20.4. The van der Waals surface area contributed by atoms with Crippen LogP contribution >= 0.6 is 0 Å². The maximum atomic E-state index is 14.0. The van der Waals surface area contributed by atoms with E-state index in [0.29, 0.717) is 23.3 Å². The standard InChI is InChI=1S/C26H25FN4O7/c1-3-38-18-8-9-19-20(13-18)25(34)30(29-24(19)15-5-4-6-16(27)11-15)14-23(33)31(26(35,36)37)17-7-10-21(28-2)22(32)12-17/h4-13,28,32,35-37H,3,14H2,1-2H3. The summed E-state index contributed by atoms with van der Waals surface area (Å²) in [5.74, 6) is -1.66. The zero-order chi connectivity index (χ0) is 27.6.